The molecular formula is C16H16N2O2. The minimum atomic E-state index is -0.145. The molecule has 1 atom stereocenters. The van der Waals surface area contributed by atoms with Crippen molar-refractivity contribution in [3.05, 3.63) is 42.5 Å². The highest BCUT2D eigenvalue weighted by molar-refractivity contribution is 6.06. The smallest absolute Gasteiger partial charge is 0.225 e. The van der Waals surface area contributed by atoms with Gasteiger partial charge in [-0.05, 0) is 31.2 Å². The van der Waals surface area contributed by atoms with Gasteiger partial charge in [-0.3, -0.25) is 4.79 Å². The normalized spacial score (nSPS) is 12.7. The Labute approximate surface area is 116 Å². The lowest BCUT2D eigenvalue weighted by atomic mass is 10.1. The number of fused-ring (bicyclic) bond motifs is 3. The van der Waals surface area contributed by atoms with E-state index in [-0.39, 0.29) is 11.9 Å². The number of benzene rings is 2. The van der Waals surface area contributed by atoms with Crippen LogP contribution in [0.1, 0.15) is 13.3 Å². The Bertz CT molecular complexity index is 774. The lowest BCUT2D eigenvalue weighted by Gasteiger charge is -2.07. The third kappa shape index (κ3) is 2.38. The number of rotatable bonds is 3. The lowest BCUT2D eigenvalue weighted by molar-refractivity contribution is -0.116. The number of carbonyl (C=O) groups is 1. The third-order valence-corrected chi connectivity index (χ3v) is 3.17. The van der Waals surface area contributed by atoms with Crippen molar-refractivity contribution < 1.29 is 9.21 Å². The maximum absolute atomic E-state index is 11.7. The van der Waals surface area contributed by atoms with Gasteiger partial charge in [-0.1, -0.05) is 18.2 Å². The predicted octanol–water partition coefficient (Wildman–Crippen LogP) is 3.26. The molecule has 20 heavy (non-hydrogen) atoms. The van der Waals surface area contributed by atoms with E-state index in [1.807, 2.05) is 49.4 Å². The molecule has 0 bridgehead atoms. The van der Waals surface area contributed by atoms with E-state index in [0.29, 0.717) is 6.42 Å². The minimum absolute atomic E-state index is 0.0767. The van der Waals surface area contributed by atoms with Crippen LogP contribution in [0.15, 0.2) is 46.9 Å². The summed E-state index contributed by atoms with van der Waals surface area (Å²) in [7, 11) is 0. The van der Waals surface area contributed by atoms with Crippen molar-refractivity contribution in [2.75, 3.05) is 5.32 Å². The number of nitrogens with one attached hydrogen (secondary N) is 1. The fourth-order valence-corrected chi connectivity index (χ4v) is 2.31. The van der Waals surface area contributed by atoms with Crippen molar-refractivity contribution in [1.82, 2.24) is 0 Å². The van der Waals surface area contributed by atoms with Gasteiger partial charge in [0.15, 0.2) is 0 Å². The standard InChI is InChI=1S/C16H16N2O2/c1-10(17)8-16(19)18-11-6-7-15-13(9-11)12-4-2-3-5-14(12)20-15/h2-7,9-10H,8,17H2,1H3,(H,18,19). The largest absolute Gasteiger partial charge is 0.456 e. The van der Waals surface area contributed by atoms with E-state index in [2.05, 4.69) is 5.32 Å². The zero-order chi connectivity index (χ0) is 14.1. The van der Waals surface area contributed by atoms with Crippen LogP contribution in [0.4, 0.5) is 5.69 Å². The number of furan rings is 1. The fraction of sp³-hybridized carbons (Fsp3) is 0.188. The van der Waals surface area contributed by atoms with E-state index in [4.69, 9.17) is 10.2 Å². The maximum atomic E-state index is 11.7. The van der Waals surface area contributed by atoms with Crippen molar-refractivity contribution in [3.8, 4) is 0 Å². The second-order valence-electron chi connectivity index (χ2n) is 5.04. The van der Waals surface area contributed by atoms with Crippen molar-refractivity contribution in [2.24, 2.45) is 5.73 Å². The topological polar surface area (TPSA) is 68.3 Å². The van der Waals surface area contributed by atoms with Gasteiger partial charge in [-0.25, -0.2) is 0 Å². The summed E-state index contributed by atoms with van der Waals surface area (Å²) in [5.74, 6) is -0.0767. The van der Waals surface area contributed by atoms with Gasteiger partial charge in [0.2, 0.25) is 5.91 Å². The van der Waals surface area contributed by atoms with E-state index < -0.39 is 0 Å². The first kappa shape index (κ1) is 12.7. The van der Waals surface area contributed by atoms with E-state index in [1.165, 1.54) is 0 Å². The molecule has 3 rings (SSSR count). The van der Waals surface area contributed by atoms with E-state index in [1.54, 1.807) is 0 Å². The van der Waals surface area contributed by atoms with Gasteiger partial charge in [-0.15, -0.1) is 0 Å². The van der Waals surface area contributed by atoms with Crippen LogP contribution in [0.25, 0.3) is 21.9 Å². The van der Waals surface area contributed by atoms with E-state index in [0.717, 1.165) is 27.6 Å². The molecule has 1 amide bonds. The summed E-state index contributed by atoms with van der Waals surface area (Å²) in [6.07, 6.45) is 0.310. The maximum Gasteiger partial charge on any atom is 0.225 e. The van der Waals surface area contributed by atoms with Crippen LogP contribution < -0.4 is 11.1 Å². The molecule has 0 saturated heterocycles. The number of anilines is 1. The fourth-order valence-electron chi connectivity index (χ4n) is 2.31. The molecule has 2 aromatic carbocycles. The predicted molar refractivity (Wildman–Crippen MR) is 80.6 cm³/mol. The molecule has 3 aromatic rings. The van der Waals surface area contributed by atoms with Crippen molar-refractivity contribution in [3.63, 3.8) is 0 Å². The average Bonchev–Trinajstić information content (AvgIpc) is 2.76. The highest BCUT2D eigenvalue weighted by atomic mass is 16.3. The van der Waals surface area contributed by atoms with Gasteiger partial charge in [-0.2, -0.15) is 0 Å². The second-order valence-corrected chi connectivity index (χ2v) is 5.04. The zero-order valence-electron chi connectivity index (χ0n) is 11.2. The van der Waals surface area contributed by atoms with E-state index >= 15 is 0 Å². The number of hydrogen-bond acceptors (Lipinski definition) is 3. The molecule has 4 heteroatoms. The quantitative estimate of drug-likeness (QED) is 0.766. The number of hydrogen-bond donors (Lipinski definition) is 2. The average molecular weight is 268 g/mol. The van der Waals surface area contributed by atoms with Gasteiger partial charge < -0.3 is 15.5 Å². The molecule has 0 saturated carbocycles. The molecular weight excluding hydrogens is 252 g/mol. The first-order chi connectivity index (χ1) is 9.63. The van der Waals surface area contributed by atoms with Crippen LogP contribution in [-0.4, -0.2) is 11.9 Å². The third-order valence-electron chi connectivity index (χ3n) is 3.17. The van der Waals surface area contributed by atoms with Gasteiger partial charge >= 0.3 is 0 Å². The van der Waals surface area contributed by atoms with Crippen LogP contribution in [-0.2, 0) is 4.79 Å². The second kappa shape index (κ2) is 4.98. The Kier molecular flexibility index (Phi) is 3.16. The van der Waals surface area contributed by atoms with Gasteiger partial charge in [0.1, 0.15) is 11.2 Å². The van der Waals surface area contributed by atoms with Crippen LogP contribution >= 0.6 is 0 Å². The number of amides is 1. The molecule has 1 aromatic heterocycles. The summed E-state index contributed by atoms with van der Waals surface area (Å²) in [4.78, 5) is 11.7. The lowest BCUT2D eigenvalue weighted by Crippen LogP contribution is -2.23. The minimum Gasteiger partial charge on any atom is -0.456 e. The molecule has 1 unspecified atom stereocenters. The summed E-state index contributed by atoms with van der Waals surface area (Å²) in [6.45, 7) is 1.81. The van der Waals surface area contributed by atoms with Gasteiger partial charge in [0, 0.05) is 28.9 Å². The summed E-state index contributed by atoms with van der Waals surface area (Å²) < 4.78 is 5.74. The Balaban J connectivity index is 1.97. The van der Waals surface area contributed by atoms with Crippen molar-refractivity contribution >= 4 is 33.5 Å². The van der Waals surface area contributed by atoms with Crippen LogP contribution in [0.2, 0.25) is 0 Å². The molecule has 0 aliphatic heterocycles. The highest BCUT2D eigenvalue weighted by Crippen LogP contribution is 2.30. The number of carbonyl (C=O) groups excluding carboxylic acids is 1. The first-order valence-electron chi connectivity index (χ1n) is 6.60. The summed E-state index contributed by atoms with van der Waals surface area (Å²) >= 11 is 0. The summed E-state index contributed by atoms with van der Waals surface area (Å²) in [6, 6.07) is 13.3. The Hall–Kier alpha value is -2.33. The number of nitrogens with two attached hydrogens (primary N) is 1. The molecule has 0 aliphatic rings. The van der Waals surface area contributed by atoms with Crippen LogP contribution in [0, 0.1) is 0 Å². The molecule has 102 valence electrons. The Morgan fingerprint density at radius 1 is 1.20 bits per heavy atom. The zero-order valence-corrected chi connectivity index (χ0v) is 11.2. The summed E-state index contributed by atoms with van der Waals surface area (Å²) in [5.41, 5.74) is 8.04. The van der Waals surface area contributed by atoms with Gasteiger partial charge in [0.25, 0.3) is 0 Å². The molecule has 0 aliphatic carbocycles. The number of para-hydroxylation sites is 1. The van der Waals surface area contributed by atoms with Crippen molar-refractivity contribution in [2.45, 2.75) is 19.4 Å². The van der Waals surface area contributed by atoms with Crippen LogP contribution in [0.3, 0.4) is 0 Å². The molecule has 3 N–H and O–H groups in total. The molecule has 4 nitrogen and oxygen atoms in total. The molecule has 1 heterocycles. The first-order valence-corrected chi connectivity index (χ1v) is 6.60. The molecule has 0 spiro atoms. The highest BCUT2D eigenvalue weighted by Gasteiger charge is 2.09. The summed E-state index contributed by atoms with van der Waals surface area (Å²) in [5, 5.41) is 4.91. The van der Waals surface area contributed by atoms with Gasteiger partial charge in [0.05, 0.1) is 0 Å². The Morgan fingerprint density at radius 2 is 1.95 bits per heavy atom. The van der Waals surface area contributed by atoms with Crippen LogP contribution in [0.5, 0.6) is 0 Å². The van der Waals surface area contributed by atoms with E-state index in [9.17, 15) is 4.79 Å². The molecule has 0 fully saturated rings. The molecule has 0 radical (unpaired) electrons. The SMILES string of the molecule is CC(N)CC(=O)Nc1ccc2oc3ccccc3c2c1. The van der Waals surface area contributed by atoms with Crippen molar-refractivity contribution in [1.29, 1.82) is 0 Å². The Morgan fingerprint density at radius 3 is 2.75 bits per heavy atom. The monoisotopic (exact) mass is 268 g/mol.